The van der Waals surface area contributed by atoms with Crippen molar-refractivity contribution in [2.75, 3.05) is 7.05 Å². The highest BCUT2D eigenvalue weighted by atomic mass is 35.5. The first kappa shape index (κ1) is 12.9. The summed E-state index contributed by atoms with van der Waals surface area (Å²) < 4.78 is 0. The molecule has 2 heteroatoms. The molecule has 1 saturated carbocycles. The Morgan fingerprint density at radius 2 is 1.82 bits per heavy atom. The minimum absolute atomic E-state index is 0.384. The summed E-state index contributed by atoms with van der Waals surface area (Å²) in [5.41, 5.74) is 3.86. The number of nitrogens with one attached hydrogen (secondary N) is 1. The Kier molecular flexibility index (Phi) is 3.79. The van der Waals surface area contributed by atoms with E-state index in [2.05, 4.69) is 38.2 Å². The first-order valence-electron chi connectivity index (χ1n) is 6.48. The number of hydrogen-bond acceptors (Lipinski definition) is 1. The summed E-state index contributed by atoms with van der Waals surface area (Å²) in [6, 6.07) is 4.72. The first-order valence-corrected chi connectivity index (χ1v) is 6.86. The van der Waals surface area contributed by atoms with Gasteiger partial charge in [0.1, 0.15) is 0 Å². The second-order valence-electron chi connectivity index (χ2n) is 5.42. The van der Waals surface area contributed by atoms with E-state index in [0.717, 1.165) is 10.9 Å². The molecular weight excluding hydrogens is 230 g/mol. The summed E-state index contributed by atoms with van der Waals surface area (Å²) in [4.78, 5) is 0. The maximum absolute atomic E-state index is 6.40. The van der Waals surface area contributed by atoms with Gasteiger partial charge >= 0.3 is 0 Å². The summed E-state index contributed by atoms with van der Waals surface area (Å²) in [5, 5.41) is 4.35. The smallest absolute Gasteiger partial charge is 0.0456 e. The zero-order chi connectivity index (χ0) is 12.6. The molecule has 0 amide bonds. The van der Waals surface area contributed by atoms with Gasteiger partial charge in [-0.05, 0) is 68.3 Å². The van der Waals surface area contributed by atoms with Crippen LogP contribution in [0.2, 0.25) is 5.02 Å². The van der Waals surface area contributed by atoms with E-state index < -0.39 is 0 Å². The molecule has 1 aromatic rings. The Bertz CT molecular complexity index is 410. The van der Waals surface area contributed by atoms with E-state index in [1.54, 1.807) is 0 Å². The molecule has 1 aliphatic carbocycles. The lowest BCUT2D eigenvalue weighted by molar-refractivity contribution is 0.369. The molecule has 0 aromatic heterocycles. The van der Waals surface area contributed by atoms with Gasteiger partial charge in [0.2, 0.25) is 0 Å². The zero-order valence-corrected chi connectivity index (χ0v) is 11.9. The third kappa shape index (κ3) is 2.66. The van der Waals surface area contributed by atoms with Gasteiger partial charge in [0.05, 0.1) is 0 Å². The van der Waals surface area contributed by atoms with E-state index in [0.29, 0.717) is 12.0 Å². The molecular formula is C15H22ClN. The van der Waals surface area contributed by atoms with Crippen molar-refractivity contribution in [2.24, 2.45) is 11.8 Å². The van der Waals surface area contributed by atoms with E-state index in [9.17, 15) is 0 Å². The Balaban J connectivity index is 2.32. The topological polar surface area (TPSA) is 12.0 Å². The predicted molar refractivity (Wildman–Crippen MR) is 74.6 cm³/mol. The largest absolute Gasteiger partial charge is 0.313 e. The van der Waals surface area contributed by atoms with Gasteiger partial charge in [-0.2, -0.15) is 0 Å². The molecule has 94 valence electrons. The number of rotatable bonds is 4. The van der Waals surface area contributed by atoms with Crippen molar-refractivity contribution in [3.63, 3.8) is 0 Å². The lowest BCUT2D eigenvalue weighted by atomic mass is 9.89. The average Bonchev–Trinajstić information content (AvgIpc) is 3.09. The quantitative estimate of drug-likeness (QED) is 0.843. The highest BCUT2D eigenvalue weighted by molar-refractivity contribution is 6.31. The van der Waals surface area contributed by atoms with E-state index in [1.165, 1.54) is 29.5 Å². The van der Waals surface area contributed by atoms with Crippen molar-refractivity contribution in [1.29, 1.82) is 0 Å². The third-order valence-electron chi connectivity index (χ3n) is 4.15. The van der Waals surface area contributed by atoms with Crippen LogP contribution in [0.3, 0.4) is 0 Å². The van der Waals surface area contributed by atoms with Gasteiger partial charge in [-0.25, -0.2) is 0 Å². The minimum atomic E-state index is 0.384. The summed E-state index contributed by atoms with van der Waals surface area (Å²) in [5.74, 6) is 1.55. The van der Waals surface area contributed by atoms with Crippen molar-refractivity contribution >= 4 is 11.6 Å². The second kappa shape index (κ2) is 4.99. The highest BCUT2D eigenvalue weighted by Gasteiger charge is 2.34. The van der Waals surface area contributed by atoms with Gasteiger partial charge < -0.3 is 5.32 Å². The minimum Gasteiger partial charge on any atom is -0.313 e. The molecule has 1 fully saturated rings. The molecule has 1 aromatic carbocycles. The lowest BCUT2D eigenvalue weighted by Crippen LogP contribution is -2.25. The molecule has 0 saturated heterocycles. The average molecular weight is 252 g/mol. The van der Waals surface area contributed by atoms with Crippen LogP contribution in [0.1, 0.15) is 42.5 Å². The van der Waals surface area contributed by atoms with Crippen molar-refractivity contribution in [1.82, 2.24) is 5.32 Å². The highest BCUT2D eigenvalue weighted by Crippen LogP contribution is 2.44. The normalized spacial score (nSPS) is 19.1. The fourth-order valence-corrected chi connectivity index (χ4v) is 2.97. The van der Waals surface area contributed by atoms with Crippen LogP contribution in [0.25, 0.3) is 0 Å². The van der Waals surface area contributed by atoms with Gasteiger partial charge in [-0.3, -0.25) is 0 Å². The van der Waals surface area contributed by atoms with Crippen LogP contribution in [0.15, 0.2) is 12.1 Å². The monoisotopic (exact) mass is 251 g/mol. The van der Waals surface area contributed by atoms with Gasteiger partial charge in [0.15, 0.2) is 0 Å². The molecule has 0 radical (unpaired) electrons. The van der Waals surface area contributed by atoms with Gasteiger partial charge in [-0.15, -0.1) is 0 Å². The van der Waals surface area contributed by atoms with E-state index >= 15 is 0 Å². The summed E-state index contributed by atoms with van der Waals surface area (Å²) >= 11 is 6.40. The number of halogens is 1. The van der Waals surface area contributed by atoms with Crippen LogP contribution < -0.4 is 5.32 Å². The van der Waals surface area contributed by atoms with Crippen molar-refractivity contribution in [2.45, 2.75) is 39.7 Å². The molecule has 2 atom stereocenters. The fourth-order valence-electron chi connectivity index (χ4n) is 2.64. The predicted octanol–water partition coefficient (Wildman–Crippen LogP) is 4.26. The van der Waals surface area contributed by atoms with E-state index in [-0.39, 0.29) is 0 Å². The summed E-state index contributed by atoms with van der Waals surface area (Å²) in [6.45, 7) is 6.61. The molecule has 17 heavy (non-hydrogen) atoms. The molecule has 0 heterocycles. The molecule has 0 bridgehead atoms. The molecule has 0 spiro atoms. The van der Waals surface area contributed by atoms with Crippen molar-refractivity contribution < 1.29 is 0 Å². The van der Waals surface area contributed by atoms with Gasteiger partial charge in [-0.1, -0.05) is 24.6 Å². The number of hydrogen-bond donors (Lipinski definition) is 1. The third-order valence-corrected chi connectivity index (χ3v) is 4.48. The Morgan fingerprint density at radius 3 is 2.35 bits per heavy atom. The molecule has 1 nitrogen and oxygen atoms in total. The maximum Gasteiger partial charge on any atom is 0.0456 e. The van der Waals surface area contributed by atoms with Crippen LogP contribution in [0.4, 0.5) is 0 Å². The summed E-state index contributed by atoms with van der Waals surface area (Å²) in [6.07, 6.45) is 2.75. The van der Waals surface area contributed by atoms with Gasteiger partial charge in [0.25, 0.3) is 0 Å². The first-order chi connectivity index (χ1) is 8.04. The van der Waals surface area contributed by atoms with Crippen LogP contribution in [0.5, 0.6) is 0 Å². The van der Waals surface area contributed by atoms with Crippen LogP contribution in [-0.4, -0.2) is 7.05 Å². The SMILES string of the molecule is CNC(c1cc(C)c(C)cc1Cl)C(C)C1CC1. The summed E-state index contributed by atoms with van der Waals surface area (Å²) in [7, 11) is 2.04. The Labute approximate surface area is 110 Å². The van der Waals surface area contributed by atoms with Crippen molar-refractivity contribution in [3.05, 3.63) is 33.8 Å². The van der Waals surface area contributed by atoms with Crippen LogP contribution in [0, 0.1) is 25.7 Å². The van der Waals surface area contributed by atoms with Gasteiger partial charge in [0, 0.05) is 11.1 Å². The molecule has 1 N–H and O–H groups in total. The number of benzene rings is 1. The Hall–Kier alpha value is -0.530. The second-order valence-corrected chi connectivity index (χ2v) is 5.83. The fraction of sp³-hybridized carbons (Fsp3) is 0.600. The Morgan fingerprint density at radius 1 is 1.24 bits per heavy atom. The molecule has 2 rings (SSSR count). The zero-order valence-electron chi connectivity index (χ0n) is 11.2. The number of aryl methyl sites for hydroxylation is 2. The van der Waals surface area contributed by atoms with Crippen molar-refractivity contribution in [3.8, 4) is 0 Å². The van der Waals surface area contributed by atoms with E-state index in [4.69, 9.17) is 11.6 Å². The van der Waals surface area contributed by atoms with Crippen LogP contribution >= 0.6 is 11.6 Å². The van der Waals surface area contributed by atoms with Crippen LogP contribution in [-0.2, 0) is 0 Å². The van der Waals surface area contributed by atoms with E-state index in [1.807, 2.05) is 7.05 Å². The molecule has 2 unspecified atom stereocenters. The maximum atomic E-state index is 6.40. The molecule has 0 aliphatic heterocycles. The lowest BCUT2D eigenvalue weighted by Gasteiger charge is -2.25. The molecule has 1 aliphatic rings. The standard InChI is InChI=1S/C15H22ClN/c1-9-7-13(14(16)8-10(9)2)15(17-4)11(3)12-5-6-12/h7-8,11-12,15,17H,5-6H2,1-4H3.